The average molecular weight is 249 g/mol. The monoisotopic (exact) mass is 249 g/mol. The number of rotatable bonds is 6. The molecule has 1 aliphatic carbocycles. The molecule has 0 radical (unpaired) electrons. The van der Waals surface area contributed by atoms with Crippen LogP contribution in [0.2, 0.25) is 0 Å². The van der Waals surface area contributed by atoms with Gasteiger partial charge in [-0.2, -0.15) is 0 Å². The Hall–Kier alpha value is -1.06. The summed E-state index contributed by atoms with van der Waals surface area (Å²) in [7, 11) is 3.51. The second kappa shape index (κ2) is 6.21. The molecule has 100 valence electrons. The van der Waals surface area contributed by atoms with E-state index >= 15 is 0 Å². The zero-order valence-corrected chi connectivity index (χ0v) is 11.5. The molecule has 1 N–H and O–H groups in total. The van der Waals surface area contributed by atoms with E-state index in [1.165, 1.54) is 11.1 Å². The van der Waals surface area contributed by atoms with E-state index in [9.17, 15) is 0 Å². The summed E-state index contributed by atoms with van der Waals surface area (Å²) in [4.78, 5) is 0. The highest BCUT2D eigenvalue weighted by Crippen LogP contribution is 2.37. The van der Waals surface area contributed by atoms with Crippen molar-refractivity contribution in [2.45, 2.75) is 38.3 Å². The Bertz CT molecular complexity index is 392. The van der Waals surface area contributed by atoms with Gasteiger partial charge >= 0.3 is 0 Å². The molecule has 18 heavy (non-hydrogen) atoms. The predicted molar refractivity (Wildman–Crippen MR) is 73.1 cm³/mol. The van der Waals surface area contributed by atoms with Crippen molar-refractivity contribution in [2.75, 3.05) is 20.8 Å². The highest BCUT2D eigenvalue weighted by Gasteiger charge is 2.26. The molecule has 0 amide bonds. The van der Waals surface area contributed by atoms with Crippen LogP contribution in [0.3, 0.4) is 0 Å². The van der Waals surface area contributed by atoms with Crippen LogP contribution in [0.5, 0.6) is 5.75 Å². The Morgan fingerprint density at radius 1 is 1.39 bits per heavy atom. The van der Waals surface area contributed by atoms with Crippen LogP contribution in [-0.4, -0.2) is 26.9 Å². The van der Waals surface area contributed by atoms with Crippen LogP contribution in [0.1, 0.15) is 36.9 Å². The van der Waals surface area contributed by atoms with Crippen molar-refractivity contribution in [1.82, 2.24) is 5.32 Å². The zero-order chi connectivity index (χ0) is 13.0. The third-order valence-electron chi connectivity index (χ3n) is 3.75. The molecule has 0 bridgehead atoms. The van der Waals surface area contributed by atoms with Crippen molar-refractivity contribution in [3.8, 4) is 5.75 Å². The molecule has 1 aliphatic rings. The Kier molecular flexibility index (Phi) is 4.61. The molecule has 2 atom stereocenters. The summed E-state index contributed by atoms with van der Waals surface area (Å²) >= 11 is 0. The summed E-state index contributed by atoms with van der Waals surface area (Å²) in [6.45, 7) is 2.96. The van der Waals surface area contributed by atoms with Gasteiger partial charge in [0.1, 0.15) is 5.75 Å². The van der Waals surface area contributed by atoms with Gasteiger partial charge in [-0.15, -0.1) is 0 Å². The standard InChI is InChI=1S/C15H23NO2/c1-4-11(10-17-2)16-14-9-8-13-12(14)6-5-7-15(13)18-3/h5-7,11,14,16H,4,8-10H2,1-3H3/t11-,14-/m0/s1. The summed E-state index contributed by atoms with van der Waals surface area (Å²) in [6, 6.07) is 7.21. The highest BCUT2D eigenvalue weighted by atomic mass is 16.5. The third kappa shape index (κ3) is 2.68. The molecule has 3 heteroatoms. The first-order valence-electron chi connectivity index (χ1n) is 6.70. The van der Waals surface area contributed by atoms with Crippen LogP contribution in [0, 0.1) is 0 Å². The van der Waals surface area contributed by atoms with Crippen molar-refractivity contribution >= 4 is 0 Å². The van der Waals surface area contributed by atoms with Crippen LogP contribution in [0.15, 0.2) is 18.2 Å². The summed E-state index contributed by atoms with van der Waals surface area (Å²) in [5.41, 5.74) is 2.76. The number of hydrogen-bond acceptors (Lipinski definition) is 3. The fraction of sp³-hybridized carbons (Fsp3) is 0.600. The van der Waals surface area contributed by atoms with Gasteiger partial charge in [0, 0.05) is 19.2 Å². The second-order valence-electron chi connectivity index (χ2n) is 4.85. The molecule has 0 aliphatic heterocycles. The smallest absolute Gasteiger partial charge is 0.122 e. The number of fused-ring (bicyclic) bond motifs is 1. The van der Waals surface area contributed by atoms with Gasteiger partial charge in [-0.1, -0.05) is 19.1 Å². The first-order chi connectivity index (χ1) is 8.80. The fourth-order valence-electron chi connectivity index (χ4n) is 2.75. The SMILES string of the molecule is CC[C@@H](COC)N[C@H]1CCc2c(OC)cccc21. The first kappa shape index (κ1) is 13.4. The lowest BCUT2D eigenvalue weighted by molar-refractivity contribution is 0.158. The molecule has 1 aromatic rings. The van der Waals surface area contributed by atoms with Gasteiger partial charge in [0.2, 0.25) is 0 Å². The molecule has 0 fully saturated rings. The van der Waals surface area contributed by atoms with Crippen LogP contribution in [-0.2, 0) is 11.2 Å². The van der Waals surface area contributed by atoms with Gasteiger partial charge in [-0.25, -0.2) is 0 Å². The van der Waals surface area contributed by atoms with Gasteiger partial charge in [0.25, 0.3) is 0 Å². The Morgan fingerprint density at radius 2 is 2.22 bits per heavy atom. The van der Waals surface area contributed by atoms with Crippen molar-refractivity contribution < 1.29 is 9.47 Å². The van der Waals surface area contributed by atoms with E-state index in [2.05, 4.69) is 24.4 Å². The quantitative estimate of drug-likeness (QED) is 0.841. The highest BCUT2D eigenvalue weighted by molar-refractivity contribution is 5.45. The van der Waals surface area contributed by atoms with Gasteiger partial charge < -0.3 is 14.8 Å². The van der Waals surface area contributed by atoms with E-state index in [4.69, 9.17) is 9.47 Å². The lowest BCUT2D eigenvalue weighted by Gasteiger charge is -2.22. The molecule has 0 saturated carbocycles. The minimum atomic E-state index is 0.428. The predicted octanol–water partition coefficient (Wildman–Crippen LogP) is 2.70. The Labute approximate surface area is 109 Å². The second-order valence-corrected chi connectivity index (χ2v) is 4.85. The minimum Gasteiger partial charge on any atom is -0.496 e. The average Bonchev–Trinajstić information content (AvgIpc) is 2.81. The Morgan fingerprint density at radius 3 is 2.89 bits per heavy atom. The van der Waals surface area contributed by atoms with Crippen LogP contribution in [0.25, 0.3) is 0 Å². The van der Waals surface area contributed by atoms with E-state index in [0.717, 1.165) is 31.6 Å². The third-order valence-corrected chi connectivity index (χ3v) is 3.75. The molecular formula is C15H23NO2. The molecule has 2 rings (SSSR count). The number of hydrogen-bond donors (Lipinski definition) is 1. The van der Waals surface area contributed by atoms with Crippen LogP contribution >= 0.6 is 0 Å². The number of ether oxygens (including phenoxy) is 2. The number of nitrogens with one attached hydrogen (secondary N) is 1. The molecule has 1 aromatic carbocycles. The maximum atomic E-state index is 5.43. The summed E-state index contributed by atoms with van der Waals surface area (Å²) in [5.74, 6) is 1.02. The van der Waals surface area contributed by atoms with Gasteiger partial charge in [-0.05, 0) is 36.5 Å². The molecule has 0 aromatic heterocycles. The van der Waals surface area contributed by atoms with Crippen LogP contribution < -0.4 is 10.1 Å². The number of benzene rings is 1. The van der Waals surface area contributed by atoms with Gasteiger partial charge in [-0.3, -0.25) is 0 Å². The molecule has 0 unspecified atom stereocenters. The molecule has 0 heterocycles. The van der Waals surface area contributed by atoms with E-state index in [-0.39, 0.29) is 0 Å². The van der Waals surface area contributed by atoms with Crippen molar-refractivity contribution in [3.63, 3.8) is 0 Å². The first-order valence-corrected chi connectivity index (χ1v) is 6.70. The fourth-order valence-corrected chi connectivity index (χ4v) is 2.75. The Balaban J connectivity index is 2.11. The van der Waals surface area contributed by atoms with E-state index in [1.54, 1.807) is 14.2 Å². The minimum absolute atomic E-state index is 0.428. The van der Waals surface area contributed by atoms with Crippen molar-refractivity contribution in [2.24, 2.45) is 0 Å². The maximum Gasteiger partial charge on any atom is 0.122 e. The van der Waals surface area contributed by atoms with E-state index in [0.29, 0.717) is 12.1 Å². The van der Waals surface area contributed by atoms with Crippen molar-refractivity contribution in [1.29, 1.82) is 0 Å². The molecule has 0 saturated heterocycles. The summed E-state index contributed by atoms with van der Waals surface area (Å²) < 4.78 is 10.7. The lowest BCUT2D eigenvalue weighted by Crippen LogP contribution is -2.34. The molecule has 3 nitrogen and oxygen atoms in total. The zero-order valence-electron chi connectivity index (χ0n) is 11.5. The van der Waals surface area contributed by atoms with Gasteiger partial charge in [0.15, 0.2) is 0 Å². The van der Waals surface area contributed by atoms with Gasteiger partial charge in [0.05, 0.1) is 13.7 Å². The summed E-state index contributed by atoms with van der Waals surface area (Å²) in [6.07, 6.45) is 3.33. The topological polar surface area (TPSA) is 30.5 Å². The van der Waals surface area contributed by atoms with E-state index < -0.39 is 0 Å². The van der Waals surface area contributed by atoms with Crippen LogP contribution in [0.4, 0.5) is 0 Å². The maximum absolute atomic E-state index is 5.43. The molecular weight excluding hydrogens is 226 g/mol. The normalized spacial score (nSPS) is 19.6. The molecule has 0 spiro atoms. The van der Waals surface area contributed by atoms with Crippen molar-refractivity contribution in [3.05, 3.63) is 29.3 Å². The van der Waals surface area contributed by atoms with E-state index in [1.807, 2.05) is 6.07 Å². The number of methoxy groups -OCH3 is 2. The largest absolute Gasteiger partial charge is 0.496 e. The lowest BCUT2D eigenvalue weighted by atomic mass is 10.1. The summed E-state index contributed by atoms with van der Waals surface area (Å²) in [5, 5.41) is 3.69.